The maximum Gasteiger partial charge on any atom is 0.193 e. The Morgan fingerprint density at radius 2 is 2.00 bits per heavy atom. The van der Waals surface area contributed by atoms with Gasteiger partial charge in [-0.2, -0.15) is 0 Å². The Balaban J connectivity index is 2.50. The van der Waals surface area contributed by atoms with E-state index in [-0.39, 0.29) is 5.43 Å². The van der Waals surface area contributed by atoms with Gasteiger partial charge in [0.1, 0.15) is 0 Å². The van der Waals surface area contributed by atoms with Gasteiger partial charge in [-0.05, 0) is 44.4 Å². The number of hydrogen-bond donors (Lipinski definition) is 1. The quantitative estimate of drug-likeness (QED) is 0.734. The molecule has 1 aromatic heterocycles. The molecule has 0 fully saturated rings. The minimum atomic E-state index is 0.128. The number of aryl methyl sites for hydroxylation is 1. The minimum absolute atomic E-state index is 0.128. The highest BCUT2D eigenvalue weighted by Crippen LogP contribution is 2.33. The van der Waals surface area contributed by atoms with E-state index in [1.54, 1.807) is 11.3 Å². The third-order valence-electron chi connectivity index (χ3n) is 3.54. The molecule has 92 valence electrons. The molecule has 0 saturated heterocycles. The summed E-state index contributed by atoms with van der Waals surface area (Å²) in [5.74, 6) is 0. The number of benzene rings is 1. The SMILES string of the molecule is CC1=Cc2sc3c(C)ccc(N)c3c(=O)c2CC1. The molecule has 2 aromatic rings. The smallest absolute Gasteiger partial charge is 0.193 e. The summed E-state index contributed by atoms with van der Waals surface area (Å²) in [5, 5.41) is 0.715. The number of rotatable bonds is 0. The molecule has 0 aliphatic heterocycles. The molecule has 0 spiro atoms. The Morgan fingerprint density at radius 3 is 2.78 bits per heavy atom. The van der Waals surface area contributed by atoms with Gasteiger partial charge in [0.15, 0.2) is 5.43 Å². The van der Waals surface area contributed by atoms with Gasteiger partial charge in [-0.15, -0.1) is 11.3 Å². The average molecular weight is 257 g/mol. The van der Waals surface area contributed by atoms with Crippen LogP contribution in [0.2, 0.25) is 0 Å². The van der Waals surface area contributed by atoms with E-state index in [2.05, 4.69) is 13.0 Å². The van der Waals surface area contributed by atoms with Crippen LogP contribution in [0.15, 0.2) is 22.5 Å². The number of anilines is 1. The summed E-state index contributed by atoms with van der Waals surface area (Å²) < 4.78 is 1.03. The van der Waals surface area contributed by atoms with Gasteiger partial charge in [0.25, 0.3) is 0 Å². The van der Waals surface area contributed by atoms with E-state index in [9.17, 15) is 4.79 Å². The lowest BCUT2D eigenvalue weighted by Gasteiger charge is -2.15. The molecular weight excluding hydrogens is 242 g/mol. The summed E-state index contributed by atoms with van der Waals surface area (Å²) in [6, 6.07) is 3.82. The van der Waals surface area contributed by atoms with Crippen LogP contribution in [-0.4, -0.2) is 0 Å². The first-order chi connectivity index (χ1) is 8.58. The summed E-state index contributed by atoms with van der Waals surface area (Å²) in [6.45, 7) is 4.15. The zero-order chi connectivity index (χ0) is 12.9. The molecule has 1 aliphatic rings. The standard InChI is InChI=1S/C15H15NOS/c1-8-3-5-10-12(7-8)18-15-9(2)4-6-11(16)13(15)14(10)17/h4,6-7H,3,5,16H2,1-2H3. The second kappa shape index (κ2) is 3.95. The van der Waals surface area contributed by atoms with Crippen LogP contribution in [0.3, 0.4) is 0 Å². The van der Waals surface area contributed by atoms with Crippen molar-refractivity contribution in [2.45, 2.75) is 26.7 Å². The van der Waals surface area contributed by atoms with Gasteiger partial charge in [-0.25, -0.2) is 0 Å². The Hall–Kier alpha value is -1.61. The van der Waals surface area contributed by atoms with E-state index in [1.165, 1.54) is 5.57 Å². The van der Waals surface area contributed by atoms with Crippen LogP contribution < -0.4 is 11.2 Å². The summed E-state index contributed by atoms with van der Waals surface area (Å²) in [5.41, 5.74) is 10.1. The summed E-state index contributed by atoms with van der Waals surface area (Å²) in [4.78, 5) is 13.7. The van der Waals surface area contributed by atoms with Crippen LogP contribution >= 0.6 is 11.3 Å². The van der Waals surface area contributed by atoms with Crippen molar-refractivity contribution in [2.24, 2.45) is 0 Å². The van der Waals surface area contributed by atoms with Crippen molar-refractivity contribution in [3.63, 3.8) is 0 Å². The van der Waals surface area contributed by atoms with E-state index in [4.69, 9.17) is 5.73 Å². The van der Waals surface area contributed by atoms with Crippen molar-refractivity contribution in [2.75, 3.05) is 5.73 Å². The van der Waals surface area contributed by atoms with Crippen LogP contribution in [-0.2, 0) is 6.42 Å². The normalized spacial score (nSPS) is 14.4. The molecule has 0 atom stereocenters. The van der Waals surface area contributed by atoms with Gasteiger partial charge in [0.05, 0.1) is 5.39 Å². The van der Waals surface area contributed by atoms with Crippen molar-refractivity contribution in [1.29, 1.82) is 0 Å². The van der Waals surface area contributed by atoms with E-state index >= 15 is 0 Å². The van der Waals surface area contributed by atoms with E-state index < -0.39 is 0 Å². The number of allylic oxidation sites excluding steroid dienone is 1. The van der Waals surface area contributed by atoms with Crippen molar-refractivity contribution in [1.82, 2.24) is 0 Å². The fourth-order valence-corrected chi connectivity index (χ4v) is 3.81. The van der Waals surface area contributed by atoms with Crippen LogP contribution in [0.4, 0.5) is 5.69 Å². The van der Waals surface area contributed by atoms with Crippen LogP contribution in [0.1, 0.15) is 29.3 Å². The first-order valence-electron chi connectivity index (χ1n) is 6.10. The van der Waals surface area contributed by atoms with Crippen molar-refractivity contribution < 1.29 is 0 Å². The molecule has 2 N–H and O–H groups in total. The van der Waals surface area contributed by atoms with Crippen LogP contribution in [0.25, 0.3) is 16.2 Å². The fourth-order valence-electron chi connectivity index (χ4n) is 2.47. The Morgan fingerprint density at radius 1 is 1.22 bits per heavy atom. The van der Waals surface area contributed by atoms with Crippen LogP contribution in [0.5, 0.6) is 0 Å². The molecule has 0 radical (unpaired) electrons. The Labute approximate surface area is 110 Å². The van der Waals surface area contributed by atoms with Gasteiger partial charge in [-0.3, -0.25) is 4.79 Å². The van der Waals surface area contributed by atoms with E-state index in [0.717, 1.165) is 33.5 Å². The second-order valence-electron chi connectivity index (χ2n) is 4.94. The molecule has 0 unspecified atom stereocenters. The first kappa shape index (κ1) is 11.5. The summed E-state index contributed by atoms with van der Waals surface area (Å²) in [6.07, 6.45) is 3.97. The third-order valence-corrected chi connectivity index (χ3v) is 4.86. The highest BCUT2D eigenvalue weighted by atomic mass is 32.1. The molecule has 1 aliphatic carbocycles. The third kappa shape index (κ3) is 1.58. The van der Waals surface area contributed by atoms with Crippen molar-refractivity contribution in [3.8, 4) is 0 Å². The maximum absolute atomic E-state index is 12.6. The lowest BCUT2D eigenvalue weighted by molar-refractivity contribution is 0.927. The van der Waals surface area contributed by atoms with Gasteiger partial charge < -0.3 is 5.73 Å². The number of hydrogen-bond acceptors (Lipinski definition) is 3. The van der Waals surface area contributed by atoms with Gasteiger partial charge in [0, 0.05) is 20.8 Å². The van der Waals surface area contributed by atoms with Gasteiger partial charge in [0.2, 0.25) is 0 Å². The topological polar surface area (TPSA) is 43.1 Å². The zero-order valence-corrected chi connectivity index (χ0v) is 11.4. The molecule has 2 nitrogen and oxygen atoms in total. The molecule has 0 saturated carbocycles. The summed E-state index contributed by atoms with van der Waals surface area (Å²) >= 11 is 1.69. The lowest BCUT2D eigenvalue weighted by Crippen LogP contribution is -2.14. The van der Waals surface area contributed by atoms with Crippen LogP contribution in [0, 0.1) is 6.92 Å². The average Bonchev–Trinajstić information content (AvgIpc) is 2.33. The highest BCUT2D eigenvalue weighted by molar-refractivity contribution is 7.19. The molecular formula is C15H15NOS. The predicted molar refractivity (Wildman–Crippen MR) is 79.2 cm³/mol. The monoisotopic (exact) mass is 257 g/mol. The van der Waals surface area contributed by atoms with Gasteiger partial charge >= 0.3 is 0 Å². The molecule has 1 aromatic carbocycles. The van der Waals surface area contributed by atoms with E-state index in [0.29, 0.717) is 11.1 Å². The largest absolute Gasteiger partial charge is 0.398 e. The first-order valence-corrected chi connectivity index (χ1v) is 6.91. The minimum Gasteiger partial charge on any atom is -0.398 e. The molecule has 1 heterocycles. The van der Waals surface area contributed by atoms with E-state index in [1.807, 2.05) is 19.1 Å². The van der Waals surface area contributed by atoms with Gasteiger partial charge in [-0.1, -0.05) is 11.6 Å². The molecule has 0 bridgehead atoms. The van der Waals surface area contributed by atoms with Crippen molar-refractivity contribution in [3.05, 3.63) is 43.9 Å². The number of nitrogens with two attached hydrogens (primary N) is 1. The number of fused-ring (bicyclic) bond motifs is 2. The number of nitrogen functional groups attached to an aromatic ring is 1. The van der Waals surface area contributed by atoms with Crippen molar-refractivity contribution >= 4 is 33.2 Å². The zero-order valence-electron chi connectivity index (χ0n) is 10.5. The fraction of sp³-hybridized carbons (Fsp3) is 0.267. The molecule has 3 heteroatoms. The Bertz CT molecular complexity index is 740. The maximum atomic E-state index is 12.6. The second-order valence-corrected chi connectivity index (χ2v) is 5.99. The highest BCUT2D eigenvalue weighted by Gasteiger charge is 2.17. The molecule has 0 amide bonds. The summed E-state index contributed by atoms with van der Waals surface area (Å²) in [7, 11) is 0. The Kier molecular flexibility index (Phi) is 2.52. The lowest BCUT2D eigenvalue weighted by atomic mass is 9.97. The predicted octanol–water partition coefficient (Wildman–Crippen LogP) is 3.50. The molecule has 3 rings (SSSR count). The molecule has 18 heavy (non-hydrogen) atoms.